The zero-order chi connectivity index (χ0) is 15.0. The van der Waals surface area contributed by atoms with Crippen LogP contribution in [0.5, 0.6) is 5.75 Å². The molecule has 6 heteroatoms. The number of hydrogen-bond acceptors (Lipinski definition) is 4. The van der Waals surface area contributed by atoms with Crippen LogP contribution in [-0.2, 0) is 14.3 Å². The summed E-state index contributed by atoms with van der Waals surface area (Å²) < 4.78 is 22.9. The Morgan fingerprint density at radius 2 is 1.95 bits per heavy atom. The topological polar surface area (TPSA) is 55.8 Å². The average Bonchev–Trinajstić information content (AvgIpc) is 2.46. The summed E-state index contributed by atoms with van der Waals surface area (Å²) in [6, 6.07) is 6.01. The van der Waals surface area contributed by atoms with Gasteiger partial charge in [-0.05, 0) is 12.1 Å². The van der Waals surface area contributed by atoms with E-state index in [9.17, 15) is 14.0 Å². The van der Waals surface area contributed by atoms with Crippen LogP contribution in [0.3, 0.4) is 0 Å². The van der Waals surface area contributed by atoms with Gasteiger partial charge in [0.1, 0.15) is 0 Å². The van der Waals surface area contributed by atoms with E-state index < -0.39 is 5.82 Å². The minimum absolute atomic E-state index is 0.0856. The number of carbonyl (C=O) groups is 2. The number of methoxy groups -OCH3 is 1. The van der Waals surface area contributed by atoms with Crippen molar-refractivity contribution in [3.63, 3.8) is 0 Å². The third kappa shape index (κ3) is 5.26. The molecule has 0 aliphatic carbocycles. The number of hydrogen-bond donors (Lipinski definition) is 0. The van der Waals surface area contributed by atoms with Crippen molar-refractivity contribution in [2.75, 3.05) is 27.3 Å². The highest BCUT2D eigenvalue weighted by atomic mass is 19.1. The van der Waals surface area contributed by atoms with Crippen molar-refractivity contribution >= 4 is 11.9 Å². The van der Waals surface area contributed by atoms with Crippen LogP contribution in [0.1, 0.15) is 12.8 Å². The van der Waals surface area contributed by atoms with Gasteiger partial charge in [0.05, 0.1) is 26.6 Å². The number of para-hydroxylation sites is 1. The largest absolute Gasteiger partial charge is 0.490 e. The average molecular weight is 283 g/mol. The predicted octanol–water partition coefficient (Wildman–Crippen LogP) is 1.62. The lowest BCUT2D eigenvalue weighted by Gasteiger charge is -2.16. The van der Waals surface area contributed by atoms with Crippen molar-refractivity contribution in [1.29, 1.82) is 0 Å². The molecule has 0 heterocycles. The van der Waals surface area contributed by atoms with E-state index in [0.29, 0.717) is 0 Å². The number of esters is 1. The van der Waals surface area contributed by atoms with Gasteiger partial charge in [0.2, 0.25) is 5.91 Å². The van der Waals surface area contributed by atoms with Crippen molar-refractivity contribution < 1.29 is 23.5 Å². The monoisotopic (exact) mass is 283 g/mol. The zero-order valence-electron chi connectivity index (χ0n) is 11.6. The van der Waals surface area contributed by atoms with Gasteiger partial charge in [0.25, 0.3) is 0 Å². The molecular weight excluding hydrogens is 265 g/mol. The van der Waals surface area contributed by atoms with Crippen molar-refractivity contribution in [3.8, 4) is 5.75 Å². The Hall–Kier alpha value is -2.11. The van der Waals surface area contributed by atoms with Crippen molar-refractivity contribution in [3.05, 3.63) is 30.1 Å². The van der Waals surface area contributed by atoms with Crippen LogP contribution >= 0.6 is 0 Å². The van der Waals surface area contributed by atoms with Crippen LogP contribution in [0.4, 0.5) is 4.39 Å². The van der Waals surface area contributed by atoms with E-state index in [4.69, 9.17) is 4.74 Å². The number of halogens is 1. The number of carbonyl (C=O) groups excluding carboxylic acids is 2. The first-order valence-corrected chi connectivity index (χ1v) is 6.22. The Kier molecular flexibility index (Phi) is 6.49. The van der Waals surface area contributed by atoms with Gasteiger partial charge in [-0.15, -0.1) is 0 Å². The quantitative estimate of drug-likeness (QED) is 0.713. The number of ether oxygens (including phenoxy) is 2. The van der Waals surface area contributed by atoms with Gasteiger partial charge in [-0.2, -0.15) is 0 Å². The van der Waals surface area contributed by atoms with Crippen LogP contribution in [0.2, 0.25) is 0 Å². The molecule has 0 spiro atoms. The van der Waals surface area contributed by atoms with Gasteiger partial charge < -0.3 is 14.4 Å². The third-order valence-electron chi connectivity index (χ3n) is 2.71. The summed E-state index contributed by atoms with van der Waals surface area (Å²) >= 11 is 0. The van der Waals surface area contributed by atoms with Crippen molar-refractivity contribution in [2.24, 2.45) is 0 Å². The molecule has 1 aromatic carbocycles. The molecule has 0 fully saturated rings. The minimum atomic E-state index is -0.459. The van der Waals surface area contributed by atoms with E-state index in [1.54, 1.807) is 19.2 Å². The Labute approximate surface area is 117 Å². The highest BCUT2D eigenvalue weighted by molar-refractivity contribution is 5.77. The van der Waals surface area contributed by atoms with Gasteiger partial charge in [-0.3, -0.25) is 9.59 Å². The van der Waals surface area contributed by atoms with Gasteiger partial charge in [0, 0.05) is 13.6 Å². The molecular formula is C14H18FNO4. The smallest absolute Gasteiger partial charge is 0.307 e. The molecule has 0 aliphatic heterocycles. The zero-order valence-corrected chi connectivity index (χ0v) is 11.6. The van der Waals surface area contributed by atoms with Crippen LogP contribution in [0, 0.1) is 5.82 Å². The molecule has 0 saturated heterocycles. The first kappa shape index (κ1) is 15.9. The highest BCUT2D eigenvalue weighted by Crippen LogP contribution is 2.15. The van der Waals surface area contributed by atoms with E-state index >= 15 is 0 Å². The molecule has 1 amide bonds. The summed E-state index contributed by atoms with van der Waals surface area (Å²) in [6.07, 6.45) is 0.263. The Balaban J connectivity index is 2.29. The third-order valence-corrected chi connectivity index (χ3v) is 2.71. The van der Waals surface area contributed by atoms with E-state index in [1.807, 2.05) is 0 Å². The maximum atomic E-state index is 13.2. The molecule has 20 heavy (non-hydrogen) atoms. The van der Waals surface area contributed by atoms with Crippen molar-refractivity contribution in [2.45, 2.75) is 12.8 Å². The molecule has 5 nitrogen and oxygen atoms in total. The molecule has 0 bridgehead atoms. The molecule has 0 N–H and O–H groups in total. The molecule has 0 radical (unpaired) electrons. The van der Waals surface area contributed by atoms with Gasteiger partial charge in [-0.25, -0.2) is 4.39 Å². The number of amides is 1. The minimum Gasteiger partial charge on any atom is -0.490 e. The van der Waals surface area contributed by atoms with Crippen LogP contribution < -0.4 is 4.74 Å². The molecule has 1 aromatic rings. The maximum absolute atomic E-state index is 13.2. The predicted molar refractivity (Wildman–Crippen MR) is 70.8 cm³/mol. The second kappa shape index (κ2) is 8.14. The number of rotatable bonds is 7. The number of nitrogens with zero attached hydrogens (tertiary/aromatic N) is 1. The normalized spacial score (nSPS) is 9.95. The standard InChI is InChI=1S/C14H18FNO4/c1-16(9-7-14(18)19-2)13(17)8-10-20-12-6-4-3-5-11(12)15/h3-6H,7-10H2,1-2H3. The molecule has 0 aromatic heterocycles. The second-order valence-electron chi connectivity index (χ2n) is 4.17. The van der Waals surface area contributed by atoms with Gasteiger partial charge >= 0.3 is 5.97 Å². The van der Waals surface area contributed by atoms with E-state index in [0.717, 1.165) is 0 Å². The fourth-order valence-electron chi connectivity index (χ4n) is 1.49. The summed E-state index contributed by atoms with van der Waals surface area (Å²) in [5.41, 5.74) is 0. The highest BCUT2D eigenvalue weighted by Gasteiger charge is 2.11. The van der Waals surface area contributed by atoms with Gasteiger partial charge in [-0.1, -0.05) is 12.1 Å². The van der Waals surface area contributed by atoms with E-state index in [1.165, 1.54) is 24.1 Å². The maximum Gasteiger partial charge on any atom is 0.307 e. The lowest BCUT2D eigenvalue weighted by atomic mass is 10.3. The van der Waals surface area contributed by atoms with E-state index in [2.05, 4.69) is 4.74 Å². The molecule has 1 rings (SSSR count). The molecule has 110 valence electrons. The summed E-state index contributed by atoms with van der Waals surface area (Å²) in [4.78, 5) is 24.1. The SMILES string of the molecule is COC(=O)CCN(C)C(=O)CCOc1ccccc1F. The summed E-state index contributed by atoms with van der Waals surface area (Å²) in [6.45, 7) is 0.369. The van der Waals surface area contributed by atoms with Gasteiger partial charge in [0.15, 0.2) is 11.6 Å². The Bertz CT molecular complexity index is 464. The molecule has 0 aliphatic rings. The second-order valence-corrected chi connectivity index (χ2v) is 4.17. The molecule has 0 atom stereocenters. The summed E-state index contributed by atoms with van der Waals surface area (Å²) in [5.74, 6) is -0.881. The lowest BCUT2D eigenvalue weighted by Crippen LogP contribution is -2.30. The fourth-order valence-corrected chi connectivity index (χ4v) is 1.49. The Morgan fingerprint density at radius 3 is 2.60 bits per heavy atom. The van der Waals surface area contributed by atoms with Crippen LogP contribution in [0.15, 0.2) is 24.3 Å². The van der Waals surface area contributed by atoms with Crippen LogP contribution in [-0.4, -0.2) is 44.1 Å². The summed E-state index contributed by atoms with van der Waals surface area (Å²) in [7, 11) is 2.89. The first-order chi connectivity index (χ1) is 9.54. The lowest BCUT2D eigenvalue weighted by molar-refractivity contribution is -0.141. The van der Waals surface area contributed by atoms with Crippen molar-refractivity contribution in [1.82, 2.24) is 4.90 Å². The Morgan fingerprint density at radius 1 is 1.25 bits per heavy atom. The van der Waals surface area contributed by atoms with E-state index in [-0.39, 0.29) is 43.6 Å². The molecule has 0 saturated carbocycles. The van der Waals surface area contributed by atoms with Crippen LogP contribution in [0.25, 0.3) is 0 Å². The summed E-state index contributed by atoms with van der Waals surface area (Å²) in [5, 5.41) is 0. The number of benzene rings is 1. The fraction of sp³-hybridized carbons (Fsp3) is 0.429. The molecule has 0 unspecified atom stereocenters. The first-order valence-electron chi connectivity index (χ1n) is 6.22.